The van der Waals surface area contributed by atoms with Crippen molar-refractivity contribution in [2.24, 2.45) is 0 Å². The summed E-state index contributed by atoms with van der Waals surface area (Å²) < 4.78 is 31.7. The molecule has 0 N–H and O–H groups in total. The zero-order valence-corrected chi connectivity index (χ0v) is 11.9. The molecule has 0 saturated carbocycles. The molecule has 0 spiro atoms. The third-order valence-electron chi connectivity index (χ3n) is 2.57. The quantitative estimate of drug-likeness (QED) is 0.780. The molecule has 1 heterocycles. The highest BCUT2D eigenvalue weighted by atomic mass is 79.9. The van der Waals surface area contributed by atoms with Crippen LogP contribution in [0.1, 0.15) is 12.5 Å². The fraction of sp³-hybridized carbons (Fsp3) is 0.214. The zero-order chi connectivity index (χ0) is 13.8. The summed E-state index contributed by atoms with van der Waals surface area (Å²) in [5, 5.41) is 0.628. The van der Waals surface area contributed by atoms with Gasteiger partial charge in [0, 0.05) is 17.1 Å². The maximum atomic E-state index is 13.3. The van der Waals surface area contributed by atoms with E-state index in [4.69, 9.17) is 4.74 Å². The lowest BCUT2D eigenvalue weighted by Gasteiger charge is -2.10. The van der Waals surface area contributed by atoms with Crippen LogP contribution in [0, 0.1) is 11.6 Å². The van der Waals surface area contributed by atoms with E-state index in [-0.39, 0.29) is 0 Å². The number of rotatable bonds is 4. The summed E-state index contributed by atoms with van der Waals surface area (Å²) in [5.74, 6) is -1.34. The van der Waals surface area contributed by atoms with Gasteiger partial charge in [-0.3, -0.25) is 0 Å². The Hall–Kier alpha value is -1.49. The fourth-order valence-electron chi connectivity index (χ4n) is 1.69. The minimum absolute atomic E-state index is 0.415. The molecule has 100 valence electrons. The molecule has 0 fully saturated rings. The first-order valence-electron chi connectivity index (χ1n) is 5.78. The Labute approximate surface area is 118 Å². The second-order valence-corrected chi connectivity index (χ2v) is 4.45. The second kappa shape index (κ2) is 6.10. The van der Waals surface area contributed by atoms with E-state index in [1.165, 1.54) is 6.07 Å². The van der Waals surface area contributed by atoms with E-state index in [0.717, 1.165) is 17.7 Å². The molecule has 0 aliphatic carbocycles. The molecule has 0 saturated heterocycles. The monoisotopic (exact) mass is 327 g/mol. The van der Waals surface area contributed by atoms with Gasteiger partial charge < -0.3 is 4.74 Å². The number of hydrogen-bond acceptors (Lipinski definition) is 2. The molecular formula is C14H12BrF2NO. The number of ether oxygens (including phenoxy) is 1. The number of aromatic nitrogens is 1. The van der Waals surface area contributed by atoms with E-state index in [1.54, 1.807) is 6.20 Å². The van der Waals surface area contributed by atoms with Crippen molar-refractivity contribution in [3.05, 3.63) is 47.7 Å². The van der Waals surface area contributed by atoms with Crippen LogP contribution >= 0.6 is 15.9 Å². The molecule has 5 heteroatoms. The third kappa shape index (κ3) is 3.10. The Morgan fingerprint density at radius 1 is 1.21 bits per heavy atom. The number of alkyl halides is 1. The van der Waals surface area contributed by atoms with Gasteiger partial charge in [-0.2, -0.15) is 0 Å². The third-order valence-corrected chi connectivity index (χ3v) is 3.22. The number of pyridine rings is 1. The molecule has 0 radical (unpaired) electrons. The number of nitrogens with zero attached hydrogens (tertiary/aromatic N) is 1. The molecule has 2 aromatic rings. The van der Waals surface area contributed by atoms with Crippen molar-refractivity contribution in [2.75, 3.05) is 6.61 Å². The average Bonchev–Trinajstić information content (AvgIpc) is 2.43. The summed E-state index contributed by atoms with van der Waals surface area (Å²) in [7, 11) is 0. The Bertz CT molecular complexity index is 590. The normalized spacial score (nSPS) is 10.5. The summed E-state index contributed by atoms with van der Waals surface area (Å²) >= 11 is 3.34. The predicted octanol–water partition coefficient (Wildman–Crippen LogP) is 4.32. The fourth-order valence-corrected chi connectivity index (χ4v) is 2.00. The smallest absolute Gasteiger partial charge is 0.221 e. The number of halogens is 3. The predicted molar refractivity (Wildman–Crippen MR) is 73.4 cm³/mol. The van der Waals surface area contributed by atoms with Gasteiger partial charge in [-0.25, -0.2) is 13.8 Å². The standard InChI is InChI=1S/C14H12BrF2NO/c1-2-19-14-11(5-9(7-15)8-18-14)10-3-4-12(16)13(17)6-10/h3-6,8H,2,7H2,1H3. The molecule has 0 atom stereocenters. The lowest BCUT2D eigenvalue weighted by atomic mass is 10.1. The molecule has 0 aliphatic rings. The average molecular weight is 328 g/mol. The van der Waals surface area contributed by atoms with Gasteiger partial charge in [0.15, 0.2) is 11.6 Å². The van der Waals surface area contributed by atoms with Gasteiger partial charge in [-0.15, -0.1) is 0 Å². The first-order chi connectivity index (χ1) is 9.15. The van der Waals surface area contributed by atoms with E-state index in [9.17, 15) is 8.78 Å². The lowest BCUT2D eigenvalue weighted by molar-refractivity contribution is 0.328. The maximum absolute atomic E-state index is 13.3. The van der Waals surface area contributed by atoms with Crippen molar-refractivity contribution in [3.63, 3.8) is 0 Å². The first-order valence-corrected chi connectivity index (χ1v) is 6.91. The summed E-state index contributed by atoms with van der Waals surface area (Å²) in [4.78, 5) is 4.20. The summed E-state index contributed by atoms with van der Waals surface area (Å²) in [6.07, 6.45) is 1.68. The molecular weight excluding hydrogens is 316 g/mol. The van der Waals surface area contributed by atoms with Gasteiger partial charge >= 0.3 is 0 Å². The molecule has 0 aliphatic heterocycles. The van der Waals surface area contributed by atoms with Crippen LogP contribution in [-0.4, -0.2) is 11.6 Å². The SMILES string of the molecule is CCOc1ncc(CBr)cc1-c1ccc(F)c(F)c1. The van der Waals surface area contributed by atoms with Gasteiger partial charge in [0.25, 0.3) is 0 Å². The highest BCUT2D eigenvalue weighted by Crippen LogP contribution is 2.30. The highest BCUT2D eigenvalue weighted by Gasteiger charge is 2.11. The van der Waals surface area contributed by atoms with Crippen LogP contribution in [0.5, 0.6) is 5.88 Å². The van der Waals surface area contributed by atoms with Gasteiger partial charge in [-0.1, -0.05) is 22.0 Å². The largest absolute Gasteiger partial charge is 0.478 e. The van der Waals surface area contributed by atoms with Crippen LogP contribution in [0.2, 0.25) is 0 Å². The highest BCUT2D eigenvalue weighted by molar-refractivity contribution is 9.08. The van der Waals surface area contributed by atoms with E-state index < -0.39 is 11.6 Å². The Morgan fingerprint density at radius 3 is 2.63 bits per heavy atom. The molecule has 1 aromatic heterocycles. The number of hydrogen-bond donors (Lipinski definition) is 0. The molecule has 0 amide bonds. The van der Waals surface area contributed by atoms with Gasteiger partial charge in [-0.05, 0) is 36.2 Å². The van der Waals surface area contributed by atoms with Gasteiger partial charge in [0.1, 0.15) is 0 Å². The Balaban J connectivity index is 2.53. The summed E-state index contributed by atoms with van der Waals surface area (Å²) in [6, 6.07) is 5.60. The first kappa shape index (κ1) is 13.9. The summed E-state index contributed by atoms with van der Waals surface area (Å²) in [5.41, 5.74) is 2.12. The lowest BCUT2D eigenvalue weighted by Crippen LogP contribution is -1.98. The summed E-state index contributed by atoms with van der Waals surface area (Å²) in [6.45, 7) is 2.30. The molecule has 1 aromatic carbocycles. The maximum Gasteiger partial charge on any atom is 0.221 e. The van der Waals surface area contributed by atoms with Crippen LogP contribution in [0.15, 0.2) is 30.5 Å². The molecule has 0 bridgehead atoms. The number of benzene rings is 1. The molecule has 0 unspecified atom stereocenters. The van der Waals surface area contributed by atoms with Crippen LogP contribution in [0.25, 0.3) is 11.1 Å². The van der Waals surface area contributed by atoms with Crippen molar-refractivity contribution in [1.29, 1.82) is 0 Å². The molecule has 2 nitrogen and oxygen atoms in total. The van der Waals surface area contributed by atoms with E-state index in [0.29, 0.717) is 28.9 Å². The molecule has 2 rings (SSSR count). The van der Waals surface area contributed by atoms with E-state index in [1.807, 2.05) is 13.0 Å². The Kier molecular flexibility index (Phi) is 4.47. The van der Waals surface area contributed by atoms with Crippen molar-refractivity contribution in [1.82, 2.24) is 4.98 Å². The van der Waals surface area contributed by atoms with Crippen molar-refractivity contribution >= 4 is 15.9 Å². The zero-order valence-electron chi connectivity index (χ0n) is 10.3. The van der Waals surface area contributed by atoms with Crippen LogP contribution in [-0.2, 0) is 5.33 Å². The van der Waals surface area contributed by atoms with Gasteiger partial charge in [0.05, 0.1) is 6.61 Å². The van der Waals surface area contributed by atoms with Crippen LogP contribution in [0.3, 0.4) is 0 Å². The van der Waals surface area contributed by atoms with Crippen LogP contribution in [0.4, 0.5) is 8.78 Å². The van der Waals surface area contributed by atoms with Crippen molar-refractivity contribution in [2.45, 2.75) is 12.3 Å². The van der Waals surface area contributed by atoms with Crippen LogP contribution < -0.4 is 4.74 Å². The Morgan fingerprint density at radius 2 is 2.00 bits per heavy atom. The topological polar surface area (TPSA) is 22.1 Å². The second-order valence-electron chi connectivity index (χ2n) is 3.89. The van der Waals surface area contributed by atoms with Crippen molar-refractivity contribution in [3.8, 4) is 17.0 Å². The molecule has 19 heavy (non-hydrogen) atoms. The van der Waals surface area contributed by atoms with E-state index >= 15 is 0 Å². The van der Waals surface area contributed by atoms with E-state index in [2.05, 4.69) is 20.9 Å². The minimum atomic E-state index is -0.885. The van der Waals surface area contributed by atoms with Crippen molar-refractivity contribution < 1.29 is 13.5 Å². The minimum Gasteiger partial charge on any atom is -0.478 e. The van der Waals surface area contributed by atoms with Gasteiger partial charge in [0.2, 0.25) is 5.88 Å².